The molecule has 2 heterocycles. The highest BCUT2D eigenvalue weighted by molar-refractivity contribution is 7.08. The molecule has 2 aromatic heterocycles. The van der Waals surface area contributed by atoms with Crippen molar-refractivity contribution in [3.05, 3.63) is 77.6 Å². The normalized spacial score (nSPS) is 11.1. The molecule has 0 aliphatic carbocycles. The first kappa shape index (κ1) is 16.8. The molecule has 0 spiro atoms. The second kappa shape index (κ2) is 7.27. The Kier molecular flexibility index (Phi) is 4.90. The van der Waals surface area contributed by atoms with Crippen LogP contribution >= 0.6 is 22.7 Å². The van der Waals surface area contributed by atoms with Crippen molar-refractivity contribution in [1.82, 2.24) is 4.57 Å². The van der Waals surface area contributed by atoms with Gasteiger partial charge < -0.3 is 0 Å². The van der Waals surface area contributed by atoms with Gasteiger partial charge in [-0.15, -0.1) is 11.3 Å². The maximum atomic E-state index is 13.1. The highest BCUT2D eigenvalue weighted by Gasteiger charge is 2.10. The number of thiophene rings is 1. The van der Waals surface area contributed by atoms with Crippen molar-refractivity contribution in [3.63, 3.8) is 0 Å². The van der Waals surface area contributed by atoms with Crippen LogP contribution in [0.3, 0.4) is 0 Å². The van der Waals surface area contributed by atoms with Crippen LogP contribution in [0.2, 0.25) is 0 Å². The van der Waals surface area contributed by atoms with Crippen molar-refractivity contribution in [2.75, 3.05) is 0 Å². The van der Waals surface area contributed by atoms with Crippen molar-refractivity contribution in [2.24, 2.45) is 0 Å². The van der Waals surface area contributed by atoms with Gasteiger partial charge in [0.05, 0.1) is 11.1 Å². The molecule has 122 valence electrons. The standard InChI is InChI=1S/C18H10FN3OS2/c19-15-3-1-12(2-4-15)10-22-17(23)16(7-13-5-6-24-11-13)25-18(22)14(8-20)9-21/h1-7,11H,10H2. The summed E-state index contributed by atoms with van der Waals surface area (Å²) in [5, 5.41) is 22.2. The van der Waals surface area contributed by atoms with Crippen LogP contribution in [0.15, 0.2) is 45.9 Å². The summed E-state index contributed by atoms with van der Waals surface area (Å²) in [6, 6.07) is 11.3. The zero-order chi connectivity index (χ0) is 17.8. The molecule has 0 fully saturated rings. The van der Waals surface area contributed by atoms with E-state index >= 15 is 0 Å². The van der Waals surface area contributed by atoms with Crippen LogP contribution in [0.5, 0.6) is 0 Å². The van der Waals surface area contributed by atoms with Gasteiger partial charge in [0.2, 0.25) is 0 Å². The molecule has 0 saturated heterocycles. The quantitative estimate of drug-likeness (QED) is 0.712. The molecule has 7 heteroatoms. The van der Waals surface area contributed by atoms with Crippen LogP contribution in [0.25, 0.3) is 11.6 Å². The Balaban J connectivity index is 2.23. The van der Waals surface area contributed by atoms with Crippen LogP contribution in [0, 0.1) is 28.5 Å². The third-order valence-electron chi connectivity index (χ3n) is 3.44. The lowest BCUT2D eigenvalue weighted by Crippen LogP contribution is -2.32. The Labute approximate surface area is 150 Å². The highest BCUT2D eigenvalue weighted by atomic mass is 32.1. The van der Waals surface area contributed by atoms with E-state index in [1.165, 1.54) is 28.0 Å². The monoisotopic (exact) mass is 367 g/mol. The Bertz CT molecular complexity index is 1140. The molecule has 0 bridgehead atoms. The largest absolute Gasteiger partial charge is 0.293 e. The number of nitrogens with zero attached hydrogens (tertiary/aromatic N) is 3. The Morgan fingerprint density at radius 1 is 1.20 bits per heavy atom. The fourth-order valence-corrected chi connectivity index (χ4v) is 3.92. The molecule has 0 radical (unpaired) electrons. The molecule has 3 aromatic rings. The Morgan fingerprint density at radius 3 is 2.52 bits per heavy atom. The third-order valence-corrected chi connectivity index (χ3v) is 5.27. The van der Waals surface area contributed by atoms with Crippen molar-refractivity contribution in [3.8, 4) is 12.1 Å². The lowest BCUT2D eigenvalue weighted by molar-refractivity contribution is 0.626. The average molecular weight is 367 g/mol. The zero-order valence-corrected chi connectivity index (χ0v) is 14.4. The maximum absolute atomic E-state index is 13.1. The van der Waals surface area contributed by atoms with E-state index in [0.29, 0.717) is 14.8 Å². The van der Waals surface area contributed by atoms with Gasteiger partial charge in [0, 0.05) is 0 Å². The summed E-state index contributed by atoms with van der Waals surface area (Å²) in [7, 11) is 0. The number of aromatic nitrogens is 1. The van der Waals surface area contributed by atoms with Crippen molar-refractivity contribution >= 4 is 34.3 Å². The van der Waals surface area contributed by atoms with E-state index in [1.54, 1.807) is 18.2 Å². The Morgan fingerprint density at radius 2 is 1.92 bits per heavy atom. The van der Waals surface area contributed by atoms with Crippen molar-refractivity contribution < 1.29 is 4.39 Å². The topological polar surface area (TPSA) is 69.6 Å². The van der Waals surface area contributed by atoms with Gasteiger partial charge in [-0.3, -0.25) is 9.36 Å². The summed E-state index contributed by atoms with van der Waals surface area (Å²) in [4.78, 5) is 12.8. The van der Waals surface area contributed by atoms with Crippen LogP contribution < -0.4 is 14.8 Å². The van der Waals surface area contributed by atoms with Crippen LogP contribution in [0.4, 0.5) is 4.39 Å². The molecular weight excluding hydrogens is 357 g/mol. The van der Waals surface area contributed by atoms with E-state index < -0.39 is 0 Å². The molecule has 0 amide bonds. The van der Waals surface area contributed by atoms with E-state index in [0.717, 1.165) is 16.9 Å². The summed E-state index contributed by atoms with van der Waals surface area (Å²) in [6.45, 7) is 0.162. The molecule has 4 nitrogen and oxygen atoms in total. The fourth-order valence-electron chi connectivity index (χ4n) is 2.25. The molecule has 0 aliphatic rings. The molecule has 3 rings (SSSR count). The summed E-state index contributed by atoms with van der Waals surface area (Å²) >= 11 is 2.62. The minimum Gasteiger partial charge on any atom is -0.293 e. The number of halogens is 1. The van der Waals surface area contributed by atoms with Gasteiger partial charge in [-0.2, -0.15) is 21.9 Å². The summed E-state index contributed by atoms with van der Waals surface area (Å²) in [5.41, 5.74) is 1.20. The molecule has 1 aromatic carbocycles. The molecule has 0 unspecified atom stereocenters. The van der Waals surface area contributed by atoms with Gasteiger partial charge >= 0.3 is 0 Å². The molecular formula is C18H10FN3OS2. The van der Waals surface area contributed by atoms with Gasteiger partial charge in [-0.05, 0) is 46.2 Å². The smallest absolute Gasteiger partial charge is 0.269 e. The molecule has 0 N–H and O–H groups in total. The number of hydrogen-bond acceptors (Lipinski definition) is 5. The number of benzene rings is 1. The predicted molar refractivity (Wildman–Crippen MR) is 95.9 cm³/mol. The van der Waals surface area contributed by atoms with Gasteiger partial charge in [-0.25, -0.2) is 4.39 Å². The van der Waals surface area contributed by atoms with E-state index in [1.807, 2.05) is 29.0 Å². The highest BCUT2D eigenvalue weighted by Crippen LogP contribution is 2.06. The van der Waals surface area contributed by atoms with E-state index in [4.69, 9.17) is 0 Å². The summed E-state index contributed by atoms with van der Waals surface area (Å²) < 4.78 is 15.2. The van der Waals surface area contributed by atoms with Crippen LogP contribution in [0.1, 0.15) is 11.1 Å². The molecule has 0 atom stereocenters. The van der Waals surface area contributed by atoms with Gasteiger partial charge in [0.25, 0.3) is 5.56 Å². The molecule has 0 saturated carbocycles. The SMILES string of the molecule is N#CC(C#N)=c1sc(=Cc2ccsc2)c(=O)n1Cc1ccc(F)cc1. The summed E-state index contributed by atoms with van der Waals surface area (Å²) in [6.07, 6.45) is 1.74. The second-order valence-corrected chi connectivity index (χ2v) is 6.90. The molecule has 25 heavy (non-hydrogen) atoms. The number of hydrogen-bond donors (Lipinski definition) is 0. The van der Waals surface area contributed by atoms with Crippen molar-refractivity contribution in [2.45, 2.75) is 6.54 Å². The first-order valence-electron chi connectivity index (χ1n) is 7.15. The van der Waals surface area contributed by atoms with Gasteiger partial charge in [0.15, 0.2) is 5.57 Å². The Hall–Kier alpha value is -3.00. The summed E-state index contributed by atoms with van der Waals surface area (Å²) in [5.74, 6) is -0.366. The van der Waals surface area contributed by atoms with E-state index in [2.05, 4.69) is 0 Å². The van der Waals surface area contributed by atoms with Gasteiger partial charge in [0.1, 0.15) is 22.6 Å². The minimum atomic E-state index is -0.366. The first-order chi connectivity index (χ1) is 12.1. The van der Waals surface area contributed by atoms with Gasteiger partial charge in [-0.1, -0.05) is 12.1 Å². The minimum absolute atomic E-state index is 0.116. The van der Waals surface area contributed by atoms with Crippen LogP contribution in [-0.4, -0.2) is 4.57 Å². The molecule has 0 aliphatic heterocycles. The number of thiazole rings is 1. The number of rotatable bonds is 3. The lowest BCUT2D eigenvalue weighted by Gasteiger charge is -2.02. The van der Waals surface area contributed by atoms with Crippen molar-refractivity contribution in [1.29, 1.82) is 10.5 Å². The zero-order valence-electron chi connectivity index (χ0n) is 12.8. The maximum Gasteiger partial charge on any atom is 0.269 e. The lowest BCUT2D eigenvalue weighted by atomic mass is 10.2. The van der Waals surface area contributed by atoms with E-state index in [9.17, 15) is 19.7 Å². The van der Waals surface area contributed by atoms with Crippen LogP contribution in [-0.2, 0) is 6.54 Å². The predicted octanol–water partition coefficient (Wildman–Crippen LogP) is 2.19. The average Bonchev–Trinajstić information content (AvgIpc) is 3.22. The third kappa shape index (κ3) is 3.58. The number of nitriles is 2. The van der Waals surface area contributed by atoms with E-state index in [-0.39, 0.29) is 23.5 Å². The fraction of sp³-hybridized carbons (Fsp3) is 0.0556. The first-order valence-corrected chi connectivity index (χ1v) is 8.91. The second-order valence-electron chi connectivity index (χ2n) is 5.09.